The Morgan fingerprint density at radius 3 is 2.82 bits per heavy atom. The van der Waals surface area contributed by atoms with Crippen LogP contribution in [0.2, 0.25) is 0 Å². The Balaban J connectivity index is 1.85. The van der Waals surface area contributed by atoms with Crippen LogP contribution >= 0.6 is 11.3 Å². The Kier molecular flexibility index (Phi) is 2.70. The summed E-state index contributed by atoms with van der Waals surface area (Å²) in [7, 11) is 0. The van der Waals surface area contributed by atoms with Gasteiger partial charge >= 0.3 is 0 Å². The van der Waals surface area contributed by atoms with Gasteiger partial charge in [0, 0.05) is 29.2 Å². The fourth-order valence-electron chi connectivity index (χ4n) is 3.05. The van der Waals surface area contributed by atoms with E-state index in [1.165, 1.54) is 11.3 Å². The van der Waals surface area contributed by atoms with Crippen LogP contribution in [0.15, 0.2) is 35.3 Å². The van der Waals surface area contributed by atoms with Crippen molar-refractivity contribution in [3.8, 4) is 0 Å². The monoisotopic (exact) mass is 313 g/mol. The number of nitrogens with zero attached hydrogens (tertiary/aromatic N) is 2. The van der Waals surface area contributed by atoms with Gasteiger partial charge in [-0.2, -0.15) is 0 Å². The topological polar surface area (TPSA) is 78.9 Å². The molecule has 1 unspecified atom stereocenters. The minimum atomic E-state index is -1.51. The summed E-state index contributed by atoms with van der Waals surface area (Å²) in [6, 6.07) is 9.18. The van der Waals surface area contributed by atoms with E-state index in [1.54, 1.807) is 12.1 Å². The summed E-state index contributed by atoms with van der Waals surface area (Å²) >= 11 is 1.48. The Morgan fingerprint density at radius 2 is 2.09 bits per heavy atom. The zero-order chi connectivity index (χ0) is 15.5. The van der Waals surface area contributed by atoms with Gasteiger partial charge in [0.2, 0.25) is 5.78 Å². The molecule has 2 aromatic rings. The zero-order valence-electron chi connectivity index (χ0n) is 12.0. The van der Waals surface area contributed by atoms with Gasteiger partial charge in [-0.1, -0.05) is 0 Å². The Labute approximate surface area is 131 Å². The molecule has 1 aromatic carbocycles. The highest BCUT2D eigenvalue weighted by Gasteiger charge is 2.52. The quantitative estimate of drug-likeness (QED) is 0.793. The molecule has 2 aliphatic heterocycles. The summed E-state index contributed by atoms with van der Waals surface area (Å²) in [6.07, 6.45) is 0.351. The fraction of sp³-hybridized carbons (Fsp3) is 0.250. The first kappa shape index (κ1) is 13.5. The molecule has 6 heteroatoms. The molecular formula is C16H15N3O2S. The normalized spacial score (nSPS) is 23.3. The molecule has 0 saturated carbocycles. The number of aliphatic hydroxyl groups is 1. The summed E-state index contributed by atoms with van der Waals surface area (Å²) in [4.78, 5) is 20.2. The molecule has 0 spiro atoms. The van der Waals surface area contributed by atoms with Crippen molar-refractivity contribution < 1.29 is 9.90 Å². The van der Waals surface area contributed by atoms with Gasteiger partial charge in [0.1, 0.15) is 5.00 Å². The molecule has 3 N–H and O–H groups in total. The van der Waals surface area contributed by atoms with E-state index >= 15 is 0 Å². The van der Waals surface area contributed by atoms with E-state index in [1.807, 2.05) is 30.0 Å². The molecule has 1 saturated heterocycles. The number of hydrogen-bond donors (Lipinski definition) is 2. The second kappa shape index (κ2) is 4.41. The standard InChI is InChI=1S/C16H15N3O2S/c1-9-8-12-13(20)16(21)6-7-19(15(16)18-14(12)22-9)11-4-2-10(17)3-5-11/h2-5,8,21H,6-7,17H2,1H3. The molecule has 3 heterocycles. The van der Waals surface area contributed by atoms with Crippen LogP contribution in [0.4, 0.5) is 16.4 Å². The van der Waals surface area contributed by atoms with Crippen molar-refractivity contribution in [1.82, 2.24) is 0 Å². The van der Waals surface area contributed by atoms with Gasteiger partial charge in [0.05, 0.1) is 5.56 Å². The average molecular weight is 313 g/mol. The molecule has 22 heavy (non-hydrogen) atoms. The first-order valence-corrected chi connectivity index (χ1v) is 7.90. The number of aryl methyl sites for hydroxylation is 1. The molecule has 1 fully saturated rings. The Bertz CT molecular complexity index is 809. The van der Waals surface area contributed by atoms with E-state index < -0.39 is 5.60 Å². The maximum atomic E-state index is 12.7. The third-order valence-electron chi connectivity index (χ3n) is 4.19. The molecule has 0 bridgehead atoms. The molecule has 4 rings (SSSR count). The predicted octanol–water partition coefficient (Wildman–Crippen LogP) is 2.51. The van der Waals surface area contributed by atoms with Crippen LogP contribution in [0.3, 0.4) is 0 Å². The second-order valence-corrected chi connectivity index (χ2v) is 6.93. The second-order valence-electron chi connectivity index (χ2n) is 5.69. The number of Topliss-reactive ketones (excluding diaryl/α,β-unsaturated/α-hetero) is 1. The summed E-state index contributed by atoms with van der Waals surface area (Å²) in [6.45, 7) is 2.49. The van der Waals surface area contributed by atoms with Gasteiger partial charge in [0.25, 0.3) is 0 Å². The molecule has 1 aromatic heterocycles. The van der Waals surface area contributed by atoms with Crippen LogP contribution in [-0.2, 0) is 0 Å². The van der Waals surface area contributed by atoms with Crippen LogP contribution < -0.4 is 10.6 Å². The maximum Gasteiger partial charge on any atom is 0.205 e. The molecule has 0 aliphatic carbocycles. The van der Waals surface area contributed by atoms with E-state index in [2.05, 4.69) is 4.99 Å². The predicted molar refractivity (Wildman–Crippen MR) is 88.2 cm³/mol. The summed E-state index contributed by atoms with van der Waals surface area (Å²) in [5, 5.41) is 11.6. The third kappa shape index (κ3) is 1.74. The average Bonchev–Trinajstić information content (AvgIpc) is 3.02. The van der Waals surface area contributed by atoms with Crippen molar-refractivity contribution in [2.75, 3.05) is 17.2 Å². The van der Waals surface area contributed by atoms with Gasteiger partial charge in [0.15, 0.2) is 11.4 Å². The molecule has 112 valence electrons. The SMILES string of the molecule is Cc1cc2c(s1)N=C1N(c3ccc(N)cc3)CCC1(O)C2=O. The van der Waals surface area contributed by atoms with Gasteiger partial charge in [-0.3, -0.25) is 4.79 Å². The van der Waals surface area contributed by atoms with Gasteiger partial charge in [-0.15, -0.1) is 11.3 Å². The van der Waals surface area contributed by atoms with Crippen molar-refractivity contribution in [1.29, 1.82) is 0 Å². The smallest absolute Gasteiger partial charge is 0.205 e. The number of benzene rings is 1. The number of rotatable bonds is 1. The number of anilines is 2. The summed E-state index contributed by atoms with van der Waals surface area (Å²) in [5.74, 6) is 0.186. The number of ketones is 1. The first-order valence-electron chi connectivity index (χ1n) is 7.09. The van der Waals surface area contributed by atoms with Gasteiger partial charge in [-0.05, 0) is 37.3 Å². The van der Waals surface area contributed by atoms with E-state index in [4.69, 9.17) is 5.73 Å². The van der Waals surface area contributed by atoms with E-state index in [9.17, 15) is 9.90 Å². The van der Waals surface area contributed by atoms with Crippen LogP contribution in [0, 0.1) is 6.92 Å². The summed E-state index contributed by atoms with van der Waals surface area (Å²) < 4.78 is 0. The minimum Gasteiger partial charge on any atom is -0.399 e. The summed E-state index contributed by atoms with van der Waals surface area (Å²) in [5.41, 5.74) is 6.30. The minimum absolute atomic E-state index is 0.241. The van der Waals surface area contributed by atoms with Crippen LogP contribution in [0.5, 0.6) is 0 Å². The highest BCUT2D eigenvalue weighted by molar-refractivity contribution is 7.16. The lowest BCUT2D eigenvalue weighted by molar-refractivity contribution is 0.0603. The fourth-order valence-corrected chi connectivity index (χ4v) is 3.93. The first-order chi connectivity index (χ1) is 10.5. The van der Waals surface area contributed by atoms with E-state index in [-0.39, 0.29) is 5.78 Å². The number of aliphatic imine (C=N–C) groups is 1. The number of nitrogen functional groups attached to an aromatic ring is 1. The van der Waals surface area contributed by atoms with Crippen molar-refractivity contribution in [2.45, 2.75) is 18.9 Å². The molecule has 1 atom stereocenters. The number of thiophene rings is 1. The molecule has 5 nitrogen and oxygen atoms in total. The van der Waals surface area contributed by atoms with Crippen LogP contribution in [-0.4, -0.2) is 28.9 Å². The molecule has 0 radical (unpaired) electrons. The lowest BCUT2D eigenvalue weighted by atomic mass is 9.90. The van der Waals surface area contributed by atoms with Gasteiger partial charge in [-0.25, -0.2) is 4.99 Å². The molecule has 2 aliphatic rings. The number of hydrogen-bond acceptors (Lipinski definition) is 6. The van der Waals surface area contributed by atoms with Crippen molar-refractivity contribution in [3.63, 3.8) is 0 Å². The van der Waals surface area contributed by atoms with E-state index in [0.717, 1.165) is 10.6 Å². The number of fused-ring (bicyclic) bond motifs is 2. The highest BCUT2D eigenvalue weighted by atomic mass is 32.1. The number of amidine groups is 1. The maximum absolute atomic E-state index is 12.7. The zero-order valence-corrected chi connectivity index (χ0v) is 12.9. The lowest BCUT2D eigenvalue weighted by Crippen LogP contribution is -2.48. The Hall–Kier alpha value is -2.18. The number of nitrogens with two attached hydrogens (primary N) is 1. The number of carbonyl (C=O) groups is 1. The van der Waals surface area contributed by atoms with Crippen LogP contribution in [0.25, 0.3) is 0 Å². The van der Waals surface area contributed by atoms with Crippen molar-refractivity contribution in [2.24, 2.45) is 4.99 Å². The highest BCUT2D eigenvalue weighted by Crippen LogP contribution is 2.43. The van der Waals surface area contributed by atoms with Crippen molar-refractivity contribution in [3.05, 3.63) is 40.8 Å². The van der Waals surface area contributed by atoms with Crippen molar-refractivity contribution >= 4 is 39.3 Å². The largest absolute Gasteiger partial charge is 0.399 e. The molecule has 0 amide bonds. The van der Waals surface area contributed by atoms with E-state index in [0.29, 0.717) is 35.1 Å². The van der Waals surface area contributed by atoms with Gasteiger partial charge < -0.3 is 15.7 Å². The van der Waals surface area contributed by atoms with Crippen LogP contribution in [0.1, 0.15) is 21.7 Å². The number of carbonyl (C=O) groups excluding carboxylic acids is 1. The lowest BCUT2D eigenvalue weighted by Gasteiger charge is -2.28. The third-order valence-corrected chi connectivity index (χ3v) is 5.14. The Morgan fingerprint density at radius 1 is 1.36 bits per heavy atom. The molecular weight excluding hydrogens is 298 g/mol.